The molecule has 1 aromatic carbocycles. The number of carbonyl (C=O) groups is 2. The number of benzene rings is 1. The van der Waals surface area contributed by atoms with Gasteiger partial charge in [-0.2, -0.15) is 5.10 Å². The Morgan fingerprint density at radius 3 is 2.30 bits per heavy atom. The zero-order valence-corrected chi connectivity index (χ0v) is 19.2. The average molecular weight is 448 g/mol. The van der Waals surface area contributed by atoms with E-state index in [1.54, 1.807) is 24.5 Å². The summed E-state index contributed by atoms with van der Waals surface area (Å²) in [5.41, 5.74) is 2.70. The monoisotopic (exact) mass is 447 g/mol. The molecule has 2 aromatic heterocycles. The van der Waals surface area contributed by atoms with Crippen LogP contribution in [-0.4, -0.2) is 63.1 Å². The normalized spacial score (nSPS) is 14.3. The third-order valence-electron chi connectivity index (χ3n) is 5.65. The van der Waals surface area contributed by atoms with Gasteiger partial charge in [-0.3, -0.25) is 14.7 Å². The number of rotatable bonds is 5. The number of nitrogens with zero attached hydrogens (tertiary/aromatic N) is 5. The lowest BCUT2D eigenvalue weighted by molar-refractivity contribution is -0.130. The fourth-order valence-corrected chi connectivity index (χ4v) is 3.62. The highest BCUT2D eigenvalue weighted by molar-refractivity contribution is 6.02. The Balaban J connectivity index is 1.28. The number of anilines is 2. The number of aromatic amines is 1. The molecule has 1 saturated heterocycles. The van der Waals surface area contributed by atoms with Crippen molar-refractivity contribution in [1.82, 2.24) is 25.1 Å². The van der Waals surface area contributed by atoms with Crippen LogP contribution in [0.25, 0.3) is 0 Å². The first-order chi connectivity index (χ1) is 15.8. The van der Waals surface area contributed by atoms with E-state index in [1.165, 1.54) is 0 Å². The van der Waals surface area contributed by atoms with Crippen molar-refractivity contribution in [1.29, 1.82) is 0 Å². The largest absolute Gasteiger partial charge is 0.339 e. The first kappa shape index (κ1) is 22.4. The molecule has 0 aliphatic carbocycles. The van der Waals surface area contributed by atoms with E-state index in [4.69, 9.17) is 0 Å². The molecule has 1 fully saturated rings. The Bertz CT molecular complexity index is 1100. The van der Waals surface area contributed by atoms with Gasteiger partial charge >= 0.3 is 0 Å². The molecule has 172 valence electrons. The van der Waals surface area contributed by atoms with Crippen LogP contribution in [0.1, 0.15) is 42.5 Å². The van der Waals surface area contributed by atoms with Crippen LogP contribution in [0, 0.1) is 0 Å². The van der Waals surface area contributed by atoms with E-state index in [9.17, 15) is 9.59 Å². The topological polar surface area (TPSA) is 107 Å². The number of hydrogen-bond acceptors (Lipinski definition) is 6. The van der Waals surface area contributed by atoms with Gasteiger partial charge in [-0.25, -0.2) is 9.97 Å². The minimum atomic E-state index is -0.272. The number of hydrogen-bond donors (Lipinski definition) is 2. The van der Waals surface area contributed by atoms with E-state index in [2.05, 4.69) is 51.2 Å². The summed E-state index contributed by atoms with van der Waals surface area (Å²) >= 11 is 0. The number of nitrogens with one attached hydrogen (secondary N) is 2. The number of aromatic nitrogens is 4. The van der Waals surface area contributed by atoms with Gasteiger partial charge in [-0.15, -0.1) is 0 Å². The van der Waals surface area contributed by atoms with E-state index in [-0.39, 0.29) is 17.2 Å². The average Bonchev–Trinajstić information content (AvgIpc) is 3.32. The molecule has 1 aliphatic heterocycles. The number of piperazine rings is 1. The molecular formula is C24H29N7O2. The fraction of sp³-hybridized carbons (Fsp3) is 0.375. The molecule has 0 saturated carbocycles. The third-order valence-corrected chi connectivity index (χ3v) is 5.65. The fourth-order valence-electron chi connectivity index (χ4n) is 3.62. The third kappa shape index (κ3) is 5.54. The predicted octanol–water partition coefficient (Wildman–Crippen LogP) is 2.64. The summed E-state index contributed by atoms with van der Waals surface area (Å²) < 4.78 is 0. The highest BCUT2D eigenvalue weighted by Crippen LogP contribution is 2.21. The van der Waals surface area contributed by atoms with Crippen LogP contribution in [0.15, 0.2) is 48.8 Å². The molecule has 2 N–H and O–H groups in total. The minimum absolute atomic E-state index is 0.0895. The summed E-state index contributed by atoms with van der Waals surface area (Å²) in [5.74, 6) is 0.518. The van der Waals surface area contributed by atoms with Gasteiger partial charge in [-0.1, -0.05) is 32.9 Å². The maximum Gasteiger partial charge on any atom is 0.276 e. The van der Waals surface area contributed by atoms with E-state index in [0.717, 1.165) is 11.3 Å². The summed E-state index contributed by atoms with van der Waals surface area (Å²) in [7, 11) is 0. The first-order valence-electron chi connectivity index (χ1n) is 11.1. The van der Waals surface area contributed by atoms with Gasteiger partial charge in [0.05, 0.1) is 6.42 Å². The lowest BCUT2D eigenvalue weighted by atomic mass is 9.92. The molecule has 4 rings (SSSR count). The second-order valence-corrected chi connectivity index (χ2v) is 9.16. The molecule has 0 unspecified atom stereocenters. The molecule has 0 spiro atoms. The molecule has 0 atom stereocenters. The summed E-state index contributed by atoms with van der Waals surface area (Å²) in [6, 6.07) is 10.9. The first-order valence-corrected chi connectivity index (χ1v) is 11.1. The molecule has 3 aromatic rings. The van der Waals surface area contributed by atoms with E-state index in [1.807, 2.05) is 29.2 Å². The Morgan fingerprint density at radius 2 is 1.70 bits per heavy atom. The van der Waals surface area contributed by atoms with Crippen molar-refractivity contribution in [3.05, 3.63) is 65.7 Å². The van der Waals surface area contributed by atoms with Crippen molar-refractivity contribution in [3.63, 3.8) is 0 Å². The van der Waals surface area contributed by atoms with Crippen LogP contribution in [0.3, 0.4) is 0 Å². The van der Waals surface area contributed by atoms with Gasteiger partial charge in [0.2, 0.25) is 11.9 Å². The molecule has 9 heteroatoms. The number of amides is 2. The van der Waals surface area contributed by atoms with Gasteiger partial charge in [0, 0.05) is 55.4 Å². The Hall–Kier alpha value is -3.75. The van der Waals surface area contributed by atoms with Crippen molar-refractivity contribution in [2.24, 2.45) is 0 Å². The smallest absolute Gasteiger partial charge is 0.276 e. The van der Waals surface area contributed by atoms with Crippen LogP contribution in [0.2, 0.25) is 0 Å². The van der Waals surface area contributed by atoms with Gasteiger partial charge < -0.3 is 15.1 Å². The Morgan fingerprint density at radius 1 is 1.03 bits per heavy atom. The molecule has 0 bridgehead atoms. The lowest BCUT2D eigenvalue weighted by Gasteiger charge is -2.34. The maximum atomic E-state index is 12.7. The Kier molecular flexibility index (Phi) is 6.39. The molecule has 1 aliphatic rings. The Labute approximate surface area is 193 Å². The second kappa shape index (κ2) is 9.40. The van der Waals surface area contributed by atoms with Crippen molar-refractivity contribution >= 4 is 23.5 Å². The van der Waals surface area contributed by atoms with Crippen molar-refractivity contribution < 1.29 is 9.59 Å². The van der Waals surface area contributed by atoms with Gasteiger partial charge in [0.1, 0.15) is 0 Å². The lowest BCUT2D eigenvalue weighted by Crippen LogP contribution is -2.49. The predicted molar refractivity (Wildman–Crippen MR) is 126 cm³/mol. The number of carbonyl (C=O) groups excluding carboxylic acids is 2. The van der Waals surface area contributed by atoms with E-state index < -0.39 is 0 Å². The van der Waals surface area contributed by atoms with Gasteiger partial charge in [0.25, 0.3) is 5.91 Å². The summed E-state index contributed by atoms with van der Waals surface area (Å²) in [6.07, 6.45) is 3.78. The molecule has 2 amide bonds. The van der Waals surface area contributed by atoms with Crippen molar-refractivity contribution in [2.75, 3.05) is 36.4 Å². The molecule has 33 heavy (non-hydrogen) atoms. The standard InChI is InChI=1S/C24H29N7O2/c1-24(2,3)20-16-19(28-29-20)22(33)27-18-7-5-17(6-8-18)15-21(32)30-11-13-31(14-12-30)23-25-9-4-10-26-23/h4-10,16H,11-15H2,1-3H3,(H,27,33)(H,28,29). The SMILES string of the molecule is CC(C)(C)c1cc(C(=O)Nc2ccc(CC(=O)N3CCN(c4ncccn4)CC3)cc2)n[nH]1. The zero-order chi connectivity index (χ0) is 23.4. The summed E-state index contributed by atoms with van der Waals surface area (Å²) in [4.78, 5) is 37.7. The van der Waals surface area contributed by atoms with Crippen LogP contribution in [-0.2, 0) is 16.6 Å². The minimum Gasteiger partial charge on any atom is -0.339 e. The number of H-pyrrole nitrogens is 1. The quantitative estimate of drug-likeness (QED) is 0.623. The summed E-state index contributed by atoms with van der Waals surface area (Å²) in [5, 5.41) is 9.89. The highest BCUT2D eigenvalue weighted by Gasteiger charge is 2.23. The van der Waals surface area contributed by atoms with E-state index >= 15 is 0 Å². The zero-order valence-electron chi connectivity index (χ0n) is 19.2. The van der Waals surface area contributed by atoms with Crippen LogP contribution >= 0.6 is 0 Å². The van der Waals surface area contributed by atoms with Crippen LogP contribution in [0.5, 0.6) is 0 Å². The summed E-state index contributed by atoms with van der Waals surface area (Å²) in [6.45, 7) is 8.88. The molecule has 0 radical (unpaired) electrons. The highest BCUT2D eigenvalue weighted by atomic mass is 16.2. The molecule has 9 nitrogen and oxygen atoms in total. The van der Waals surface area contributed by atoms with Gasteiger partial charge in [0.15, 0.2) is 5.69 Å². The van der Waals surface area contributed by atoms with Crippen LogP contribution in [0.4, 0.5) is 11.6 Å². The van der Waals surface area contributed by atoms with Crippen molar-refractivity contribution in [2.45, 2.75) is 32.6 Å². The molecular weight excluding hydrogens is 418 g/mol. The van der Waals surface area contributed by atoms with Gasteiger partial charge in [-0.05, 0) is 29.8 Å². The van der Waals surface area contributed by atoms with E-state index in [0.29, 0.717) is 49.9 Å². The maximum absolute atomic E-state index is 12.7. The second-order valence-electron chi connectivity index (χ2n) is 9.16. The van der Waals surface area contributed by atoms with Crippen molar-refractivity contribution in [3.8, 4) is 0 Å². The van der Waals surface area contributed by atoms with Crippen LogP contribution < -0.4 is 10.2 Å². The molecule has 3 heterocycles.